The molecule has 10 heteroatoms. The second kappa shape index (κ2) is 15.4. The molecule has 2 unspecified atom stereocenters. The van der Waals surface area contributed by atoms with Crippen molar-refractivity contribution in [3.05, 3.63) is 70.8 Å². The van der Waals surface area contributed by atoms with Crippen LogP contribution in [0.5, 0.6) is 0 Å². The summed E-state index contributed by atoms with van der Waals surface area (Å²) < 4.78 is 16.3. The summed E-state index contributed by atoms with van der Waals surface area (Å²) in [5, 5.41) is 21.4. The average Bonchev–Trinajstić information content (AvgIpc) is 3.02. The Hall–Kier alpha value is -3.59. The van der Waals surface area contributed by atoms with Crippen molar-refractivity contribution in [1.82, 2.24) is 10.2 Å². The van der Waals surface area contributed by atoms with Crippen molar-refractivity contribution in [3.8, 4) is 11.8 Å². The number of ether oxygens (including phenoxy) is 3. The van der Waals surface area contributed by atoms with Crippen LogP contribution in [0.3, 0.4) is 0 Å². The van der Waals surface area contributed by atoms with Crippen molar-refractivity contribution < 1.29 is 38.8 Å². The number of aliphatic hydroxyl groups is 2. The second-order valence-electron chi connectivity index (χ2n) is 9.81. The lowest BCUT2D eigenvalue weighted by Crippen LogP contribution is -2.62. The molecule has 0 bridgehead atoms. The van der Waals surface area contributed by atoms with Crippen molar-refractivity contribution in [1.29, 1.82) is 0 Å². The summed E-state index contributed by atoms with van der Waals surface area (Å²) >= 11 is 0. The number of hydrogen-bond acceptors (Lipinski definition) is 8. The van der Waals surface area contributed by atoms with Crippen LogP contribution in [-0.2, 0) is 23.8 Å². The zero-order valence-corrected chi connectivity index (χ0v) is 23.7. The van der Waals surface area contributed by atoms with Crippen LogP contribution in [0.2, 0.25) is 0 Å². The van der Waals surface area contributed by atoms with E-state index in [0.29, 0.717) is 29.7 Å². The van der Waals surface area contributed by atoms with Gasteiger partial charge in [0, 0.05) is 37.4 Å². The summed E-state index contributed by atoms with van der Waals surface area (Å²) in [4.78, 5) is 40.5. The van der Waals surface area contributed by atoms with Crippen LogP contribution in [0.15, 0.2) is 48.5 Å². The number of carbonyl (C=O) groups excluding carboxylic acids is 3. The third kappa shape index (κ3) is 8.45. The number of benzene rings is 2. The van der Waals surface area contributed by atoms with Crippen molar-refractivity contribution in [3.63, 3.8) is 0 Å². The Kier molecular flexibility index (Phi) is 12.0. The number of nitrogens with one attached hydrogen (secondary N) is 1. The number of likely N-dealkylation sites (N-methyl/N-ethyl adjacent to an activating group) is 2. The molecule has 3 atom stereocenters. The van der Waals surface area contributed by atoms with Crippen molar-refractivity contribution >= 4 is 17.6 Å². The topological polar surface area (TPSA) is 135 Å². The Morgan fingerprint density at radius 2 is 1.73 bits per heavy atom. The monoisotopic (exact) mass is 566 g/mol. The molecule has 10 nitrogen and oxygen atoms in total. The van der Waals surface area contributed by atoms with E-state index >= 15 is 0 Å². The summed E-state index contributed by atoms with van der Waals surface area (Å²) in [6, 6.07) is 13.6. The first-order chi connectivity index (χ1) is 19.7. The standard InChI is InChI=1S/C31H38N2O8/c1-31(30(38)32-2,27(36)21-41-28-6-4-5-18-40-28)33(3)29(37)25-15-11-23(12-16-25)8-7-22-9-13-24(14-10-22)26(35)20-39-19-17-34/h9-16,26,28,34-35H,4-6,17-21H2,1-3H3,(H,32,38)/t26?,28?,31-/m1/s1. The van der Waals surface area contributed by atoms with Gasteiger partial charge in [-0.2, -0.15) is 0 Å². The van der Waals surface area contributed by atoms with Gasteiger partial charge < -0.3 is 34.6 Å². The molecule has 0 spiro atoms. The molecule has 2 aromatic carbocycles. The van der Waals surface area contributed by atoms with Crippen molar-refractivity contribution in [2.75, 3.05) is 47.1 Å². The quantitative estimate of drug-likeness (QED) is 0.201. The van der Waals surface area contributed by atoms with E-state index in [2.05, 4.69) is 17.2 Å². The number of nitrogens with zero attached hydrogens (tertiary/aromatic N) is 1. The minimum Gasteiger partial charge on any atom is -0.394 e. The minimum atomic E-state index is -1.79. The first kappa shape index (κ1) is 31.9. The van der Waals surface area contributed by atoms with Gasteiger partial charge in [-0.15, -0.1) is 0 Å². The van der Waals surface area contributed by atoms with Crippen LogP contribution in [0, 0.1) is 11.8 Å². The third-order valence-corrected chi connectivity index (χ3v) is 7.02. The van der Waals surface area contributed by atoms with E-state index in [1.165, 1.54) is 21.0 Å². The average molecular weight is 567 g/mol. The summed E-state index contributed by atoms with van der Waals surface area (Å²) in [6.07, 6.45) is 1.24. The molecule has 3 rings (SSSR count). The first-order valence-electron chi connectivity index (χ1n) is 13.6. The van der Waals surface area contributed by atoms with Crippen LogP contribution in [0.1, 0.15) is 59.3 Å². The predicted octanol–water partition coefficient (Wildman–Crippen LogP) is 1.82. The molecule has 2 aromatic rings. The van der Waals surface area contributed by atoms with E-state index < -0.39 is 35.5 Å². The lowest BCUT2D eigenvalue weighted by atomic mass is 9.92. The van der Waals surface area contributed by atoms with Crippen LogP contribution in [0.25, 0.3) is 0 Å². The fourth-order valence-corrected chi connectivity index (χ4v) is 4.24. The molecule has 3 N–H and O–H groups in total. The predicted molar refractivity (Wildman–Crippen MR) is 151 cm³/mol. The number of amides is 2. The Morgan fingerprint density at radius 1 is 1.10 bits per heavy atom. The summed E-state index contributed by atoms with van der Waals surface area (Å²) in [5.74, 6) is 4.39. The fourth-order valence-electron chi connectivity index (χ4n) is 4.24. The molecule has 1 heterocycles. The minimum absolute atomic E-state index is 0.0888. The maximum absolute atomic E-state index is 13.3. The van der Waals surface area contributed by atoms with Crippen molar-refractivity contribution in [2.45, 2.75) is 44.1 Å². The molecular weight excluding hydrogens is 528 g/mol. The zero-order chi connectivity index (χ0) is 29.8. The zero-order valence-electron chi connectivity index (χ0n) is 23.7. The Labute approximate surface area is 240 Å². The van der Waals surface area contributed by atoms with E-state index in [1.54, 1.807) is 48.5 Å². The lowest BCUT2D eigenvalue weighted by molar-refractivity contribution is -0.174. The van der Waals surface area contributed by atoms with Crippen LogP contribution in [-0.4, -0.2) is 91.7 Å². The van der Waals surface area contributed by atoms with Gasteiger partial charge in [0.25, 0.3) is 11.8 Å². The van der Waals surface area contributed by atoms with E-state index in [-0.39, 0.29) is 26.4 Å². The Balaban J connectivity index is 1.66. The van der Waals surface area contributed by atoms with Gasteiger partial charge in [-0.3, -0.25) is 14.4 Å². The normalized spacial score (nSPS) is 17.0. The van der Waals surface area contributed by atoms with Gasteiger partial charge in [0.15, 0.2) is 17.6 Å². The Bertz CT molecular complexity index is 1230. The summed E-state index contributed by atoms with van der Waals surface area (Å²) in [6.45, 7) is 1.75. The number of ketones is 1. The number of carbonyl (C=O) groups is 3. The number of aliphatic hydroxyl groups excluding tert-OH is 2. The number of rotatable bonds is 12. The van der Waals surface area contributed by atoms with Gasteiger partial charge >= 0.3 is 0 Å². The highest BCUT2D eigenvalue weighted by Gasteiger charge is 2.46. The molecule has 0 saturated carbocycles. The largest absolute Gasteiger partial charge is 0.394 e. The lowest BCUT2D eigenvalue weighted by Gasteiger charge is -2.36. The van der Waals surface area contributed by atoms with Gasteiger partial charge in [0.2, 0.25) is 0 Å². The van der Waals surface area contributed by atoms with E-state index in [9.17, 15) is 19.5 Å². The third-order valence-electron chi connectivity index (χ3n) is 7.02. The van der Waals surface area contributed by atoms with Crippen molar-refractivity contribution in [2.24, 2.45) is 0 Å². The highest BCUT2D eigenvalue weighted by molar-refractivity contribution is 6.14. The molecule has 1 aliphatic heterocycles. The molecular formula is C31H38N2O8. The van der Waals surface area contributed by atoms with Gasteiger partial charge in [0.05, 0.1) is 19.8 Å². The van der Waals surface area contributed by atoms with E-state index in [0.717, 1.165) is 23.3 Å². The number of Topliss-reactive ketones (excluding diaryl/α,β-unsaturated/α-hetero) is 1. The van der Waals surface area contributed by atoms with Gasteiger partial charge in [-0.1, -0.05) is 24.0 Å². The Morgan fingerprint density at radius 3 is 2.29 bits per heavy atom. The highest BCUT2D eigenvalue weighted by atomic mass is 16.7. The number of hydrogen-bond donors (Lipinski definition) is 3. The van der Waals surface area contributed by atoms with Crippen LogP contribution in [0.4, 0.5) is 0 Å². The summed E-state index contributed by atoms with van der Waals surface area (Å²) in [5.41, 5.74) is 0.578. The molecule has 220 valence electrons. The maximum Gasteiger partial charge on any atom is 0.254 e. The summed E-state index contributed by atoms with van der Waals surface area (Å²) in [7, 11) is 2.83. The van der Waals surface area contributed by atoms with Crippen LogP contribution >= 0.6 is 0 Å². The SMILES string of the molecule is CNC(=O)[C@@](C)(C(=O)COC1CCCCO1)N(C)C(=O)c1ccc(C#Cc2ccc(C(O)COCCO)cc2)cc1. The fraction of sp³-hybridized carbons (Fsp3) is 0.452. The molecule has 2 amide bonds. The molecule has 0 aromatic heterocycles. The maximum atomic E-state index is 13.3. The molecule has 1 aliphatic rings. The smallest absolute Gasteiger partial charge is 0.254 e. The molecule has 0 radical (unpaired) electrons. The molecule has 1 saturated heterocycles. The van der Waals surface area contributed by atoms with Crippen LogP contribution < -0.4 is 5.32 Å². The molecule has 41 heavy (non-hydrogen) atoms. The molecule has 0 aliphatic carbocycles. The first-order valence-corrected chi connectivity index (χ1v) is 13.6. The second-order valence-corrected chi connectivity index (χ2v) is 9.81. The van der Waals surface area contributed by atoms with E-state index in [1.807, 2.05) is 0 Å². The molecule has 1 fully saturated rings. The highest BCUT2D eigenvalue weighted by Crippen LogP contribution is 2.21. The van der Waals surface area contributed by atoms with Gasteiger partial charge in [-0.05, 0) is 68.1 Å². The van der Waals surface area contributed by atoms with Gasteiger partial charge in [-0.25, -0.2) is 0 Å². The van der Waals surface area contributed by atoms with Gasteiger partial charge in [0.1, 0.15) is 12.7 Å². The van der Waals surface area contributed by atoms with E-state index in [4.69, 9.17) is 19.3 Å².